The van der Waals surface area contributed by atoms with Crippen molar-refractivity contribution in [3.8, 4) is 22.8 Å². The Morgan fingerprint density at radius 1 is 0.741 bits per heavy atom. The minimum absolute atomic E-state index is 0.557. The molecule has 2 aromatic heterocycles. The molecule has 0 bridgehead atoms. The van der Waals surface area contributed by atoms with Gasteiger partial charge in [0.2, 0.25) is 23.4 Å². The lowest BCUT2D eigenvalue weighted by Crippen LogP contribution is -1.91. The topological polar surface area (TPSA) is 77.8 Å². The van der Waals surface area contributed by atoms with Crippen LogP contribution in [0.2, 0.25) is 5.02 Å². The summed E-state index contributed by atoms with van der Waals surface area (Å²) in [5.41, 5.74) is 3.01. The van der Waals surface area contributed by atoms with Crippen molar-refractivity contribution in [1.29, 1.82) is 0 Å². The molecule has 0 fully saturated rings. The normalized spacial score (nSPS) is 11.0. The Bertz CT molecular complexity index is 939. The number of nitrogens with zero attached hydrogens (tertiary/aromatic N) is 4. The highest BCUT2D eigenvalue weighted by Crippen LogP contribution is 2.20. The van der Waals surface area contributed by atoms with Gasteiger partial charge in [0, 0.05) is 29.0 Å². The zero-order valence-electron chi connectivity index (χ0n) is 14.7. The molecule has 0 N–H and O–H groups in total. The average molecular weight is 381 g/mol. The molecule has 136 valence electrons. The van der Waals surface area contributed by atoms with E-state index in [1.165, 1.54) is 5.56 Å². The fraction of sp³-hybridized carbons (Fsp3) is 0.200. The van der Waals surface area contributed by atoms with Crippen LogP contribution in [0.15, 0.2) is 57.6 Å². The first-order chi connectivity index (χ1) is 13.2. The summed E-state index contributed by atoms with van der Waals surface area (Å²) < 4.78 is 10.6. The molecule has 0 spiro atoms. The third-order valence-electron chi connectivity index (χ3n) is 4.13. The van der Waals surface area contributed by atoms with E-state index in [9.17, 15) is 0 Å². The predicted octanol–water partition coefficient (Wildman–Crippen LogP) is 4.92. The zero-order chi connectivity index (χ0) is 18.6. The van der Waals surface area contributed by atoms with Crippen LogP contribution in [-0.2, 0) is 12.8 Å². The van der Waals surface area contributed by atoms with E-state index in [-0.39, 0.29) is 0 Å². The lowest BCUT2D eigenvalue weighted by Gasteiger charge is -1.94. The van der Waals surface area contributed by atoms with Gasteiger partial charge in [-0.2, -0.15) is 9.97 Å². The highest BCUT2D eigenvalue weighted by atomic mass is 35.5. The van der Waals surface area contributed by atoms with Gasteiger partial charge in [-0.25, -0.2) is 0 Å². The predicted molar refractivity (Wildman–Crippen MR) is 101 cm³/mol. The molecular formula is C20H17ClN4O2. The molecule has 0 unspecified atom stereocenters. The van der Waals surface area contributed by atoms with Crippen LogP contribution in [0.25, 0.3) is 22.8 Å². The smallest absolute Gasteiger partial charge is 0.226 e. The van der Waals surface area contributed by atoms with Gasteiger partial charge in [0.15, 0.2) is 0 Å². The summed E-state index contributed by atoms with van der Waals surface area (Å²) >= 11 is 5.89. The number of rotatable bonds is 6. The molecule has 7 heteroatoms. The van der Waals surface area contributed by atoms with Crippen LogP contribution in [0.3, 0.4) is 0 Å². The van der Waals surface area contributed by atoms with Crippen LogP contribution in [0.4, 0.5) is 0 Å². The summed E-state index contributed by atoms with van der Waals surface area (Å²) in [7, 11) is 0. The van der Waals surface area contributed by atoms with Crippen LogP contribution in [0, 0.1) is 6.92 Å². The van der Waals surface area contributed by atoms with Crippen molar-refractivity contribution in [2.45, 2.75) is 26.2 Å². The second-order valence-corrected chi connectivity index (χ2v) is 6.69. The Balaban J connectivity index is 1.34. The van der Waals surface area contributed by atoms with E-state index in [0.717, 1.165) is 17.5 Å². The van der Waals surface area contributed by atoms with E-state index in [4.69, 9.17) is 20.6 Å². The Morgan fingerprint density at radius 3 is 1.74 bits per heavy atom. The Morgan fingerprint density at radius 2 is 1.22 bits per heavy atom. The highest BCUT2D eigenvalue weighted by molar-refractivity contribution is 6.30. The third kappa shape index (κ3) is 4.23. The van der Waals surface area contributed by atoms with Crippen LogP contribution < -0.4 is 0 Å². The second kappa shape index (κ2) is 7.72. The number of hydrogen-bond donors (Lipinski definition) is 0. The van der Waals surface area contributed by atoms with Crippen LogP contribution in [-0.4, -0.2) is 20.3 Å². The molecular weight excluding hydrogens is 364 g/mol. The monoisotopic (exact) mass is 380 g/mol. The number of halogens is 1. The van der Waals surface area contributed by atoms with Crippen molar-refractivity contribution < 1.29 is 9.05 Å². The Hall–Kier alpha value is -2.99. The first kappa shape index (κ1) is 17.4. The molecule has 6 nitrogen and oxygen atoms in total. The van der Waals surface area contributed by atoms with Gasteiger partial charge < -0.3 is 9.05 Å². The SMILES string of the molecule is Cc1ccc(-c2noc(CCCc3nc(-c4ccc(Cl)cc4)no3)n2)cc1. The molecule has 4 rings (SSSR count). The summed E-state index contributed by atoms with van der Waals surface area (Å²) in [6.07, 6.45) is 2.07. The quantitative estimate of drug-likeness (QED) is 0.472. The minimum Gasteiger partial charge on any atom is -0.339 e. The van der Waals surface area contributed by atoms with Crippen LogP contribution >= 0.6 is 11.6 Å². The lowest BCUT2D eigenvalue weighted by atomic mass is 10.1. The average Bonchev–Trinajstić information content (AvgIpc) is 3.33. The highest BCUT2D eigenvalue weighted by Gasteiger charge is 2.11. The fourth-order valence-electron chi connectivity index (χ4n) is 2.64. The number of aromatic nitrogens is 4. The molecule has 2 heterocycles. The lowest BCUT2D eigenvalue weighted by molar-refractivity contribution is 0.360. The molecule has 4 aromatic rings. The van der Waals surface area contributed by atoms with Gasteiger partial charge in [-0.1, -0.05) is 51.7 Å². The second-order valence-electron chi connectivity index (χ2n) is 6.25. The van der Waals surface area contributed by atoms with Gasteiger partial charge in [0.05, 0.1) is 0 Å². The maximum atomic E-state index is 5.89. The van der Waals surface area contributed by atoms with Crippen molar-refractivity contribution >= 4 is 11.6 Å². The standard InChI is InChI=1S/C20H17ClN4O2/c1-13-5-7-14(8-6-13)19-22-17(26-24-19)3-2-4-18-23-20(25-27-18)15-9-11-16(21)12-10-15/h5-12H,2-4H2,1H3. The number of aryl methyl sites for hydroxylation is 3. The maximum absolute atomic E-state index is 5.89. The first-order valence-electron chi connectivity index (χ1n) is 8.65. The number of benzene rings is 2. The van der Waals surface area contributed by atoms with Gasteiger partial charge in [0.25, 0.3) is 0 Å². The van der Waals surface area contributed by atoms with Crippen molar-refractivity contribution in [2.24, 2.45) is 0 Å². The molecule has 0 radical (unpaired) electrons. The van der Waals surface area contributed by atoms with Crippen molar-refractivity contribution in [3.63, 3.8) is 0 Å². The van der Waals surface area contributed by atoms with E-state index in [1.807, 2.05) is 43.3 Å². The summed E-state index contributed by atoms with van der Waals surface area (Å²) in [6.45, 7) is 2.04. The van der Waals surface area contributed by atoms with Crippen molar-refractivity contribution in [1.82, 2.24) is 20.3 Å². The van der Waals surface area contributed by atoms with E-state index in [0.29, 0.717) is 41.3 Å². The van der Waals surface area contributed by atoms with Gasteiger partial charge in [0.1, 0.15) is 0 Å². The molecule has 27 heavy (non-hydrogen) atoms. The van der Waals surface area contributed by atoms with Gasteiger partial charge in [-0.15, -0.1) is 0 Å². The fourth-order valence-corrected chi connectivity index (χ4v) is 2.77. The van der Waals surface area contributed by atoms with Gasteiger partial charge in [-0.05, 0) is 37.6 Å². The molecule has 0 amide bonds. The first-order valence-corrected chi connectivity index (χ1v) is 9.03. The molecule has 0 saturated carbocycles. The van der Waals surface area contributed by atoms with Crippen LogP contribution in [0.5, 0.6) is 0 Å². The van der Waals surface area contributed by atoms with Gasteiger partial charge in [-0.3, -0.25) is 0 Å². The van der Waals surface area contributed by atoms with E-state index >= 15 is 0 Å². The number of hydrogen-bond acceptors (Lipinski definition) is 6. The Kier molecular flexibility index (Phi) is 4.98. The minimum atomic E-state index is 0.557. The summed E-state index contributed by atoms with van der Waals surface area (Å²) in [6, 6.07) is 15.4. The van der Waals surface area contributed by atoms with Crippen molar-refractivity contribution in [3.05, 3.63) is 70.9 Å². The molecule has 0 aliphatic rings. The largest absolute Gasteiger partial charge is 0.339 e. The molecule has 0 saturated heterocycles. The summed E-state index contributed by atoms with van der Waals surface area (Å²) in [4.78, 5) is 8.86. The molecule has 0 aliphatic carbocycles. The third-order valence-corrected chi connectivity index (χ3v) is 4.38. The van der Waals surface area contributed by atoms with E-state index in [2.05, 4.69) is 20.3 Å². The zero-order valence-corrected chi connectivity index (χ0v) is 15.5. The van der Waals surface area contributed by atoms with E-state index < -0.39 is 0 Å². The van der Waals surface area contributed by atoms with Gasteiger partial charge >= 0.3 is 0 Å². The molecule has 0 atom stereocenters. The summed E-state index contributed by atoms with van der Waals surface area (Å²) in [5.74, 6) is 2.34. The molecule has 2 aromatic carbocycles. The van der Waals surface area contributed by atoms with E-state index in [1.54, 1.807) is 12.1 Å². The molecule has 0 aliphatic heterocycles. The summed E-state index contributed by atoms with van der Waals surface area (Å²) in [5, 5.41) is 8.73. The van der Waals surface area contributed by atoms with Crippen molar-refractivity contribution in [2.75, 3.05) is 0 Å². The van der Waals surface area contributed by atoms with Crippen LogP contribution in [0.1, 0.15) is 23.8 Å². The Labute approximate surface area is 161 Å². The maximum Gasteiger partial charge on any atom is 0.226 e.